The molecule has 27 heavy (non-hydrogen) atoms. The van der Waals surface area contributed by atoms with Gasteiger partial charge in [-0.2, -0.15) is 0 Å². The maximum absolute atomic E-state index is 12.9. The minimum Gasteiger partial charge on any atom is -0.331 e. The van der Waals surface area contributed by atoms with Gasteiger partial charge in [0, 0.05) is 23.7 Å². The molecule has 0 bridgehead atoms. The Balaban J connectivity index is 1.66. The highest BCUT2D eigenvalue weighted by atomic mass is 35.5. The molecule has 0 saturated carbocycles. The molecule has 2 aromatic carbocycles. The van der Waals surface area contributed by atoms with E-state index in [-0.39, 0.29) is 16.8 Å². The summed E-state index contributed by atoms with van der Waals surface area (Å²) in [6.45, 7) is 0.539. The van der Waals surface area contributed by atoms with E-state index in [0.717, 1.165) is 6.42 Å². The van der Waals surface area contributed by atoms with Gasteiger partial charge in [-0.3, -0.25) is 20.4 Å². The van der Waals surface area contributed by atoms with Crippen molar-refractivity contribution in [1.82, 2.24) is 10.9 Å². The Morgan fingerprint density at radius 3 is 2.56 bits per heavy atom. The molecule has 6 nitrogen and oxygen atoms in total. The zero-order chi connectivity index (χ0) is 19.4. The number of hydrazine groups is 1. The molecule has 0 atom stereocenters. The third-order valence-corrected chi connectivity index (χ3v) is 4.40. The number of nitrogens with one attached hydrogen (secondary N) is 3. The first kappa shape index (κ1) is 19.1. The van der Waals surface area contributed by atoms with Gasteiger partial charge in [-0.05, 0) is 61.1 Å². The van der Waals surface area contributed by atoms with Gasteiger partial charge in [-0.1, -0.05) is 11.6 Å². The third-order valence-electron chi connectivity index (χ3n) is 3.96. The second-order valence-corrected chi connectivity index (χ2v) is 6.70. The summed E-state index contributed by atoms with van der Waals surface area (Å²) in [7, 11) is 0. The zero-order valence-corrected chi connectivity index (χ0v) is 15.7. The number of carbonyl (C=O) groups is 2. The van der Waals surface area contributed by atoms with Crippen molar-refractivity contribution in [1.29, 1.82) is 0 Å². The van der Waals surface area contributed by atoms with E-state index in [1.165, 1.54) is 24.3 Å². The topological polar surface area (TPSA) is 73.5 Å². The van der Waals surface area contributed by atoms with Crippen LogP contribution in [0.25, 0.3) is 0 Å². The standard InChI is InChI=1S/C18H16ClFN4O2S/c19-11-3-8-14(15(10-11)24-9-1-2-16(24)25)17(26)22-23-18(27)21-13-6-4-12(20)5-7-13/h3-8,10H,1-2,9H2,(H,22,26)(H2,21,23,27). The number of benzene rings is 2. The number of rotatable bonds is 3. The number of carbonyl (C=O) groups excluding carboxylic acids is 2. The first-order valence-electron chi connectivity index (χ1n) is 8.17. The predicted molar refractivity (Wildman–Crippen MR) is 106 cm³/mol. The van der Waals surface area contributed by atoms with E-state index >= 15 is 0 Å². The van der Waals surface area contributed by atoms with Crippen LogP contribution < -0.4 is 21.1 Å². The lowest BCUT2D eigenvalue weighted by atomic mass is 10.1. The first-order valence-corrected chi connectivity index (χ1v) is 8.95. The molecule has 3 N–H and O–H groups in total. The van der Waals surface area contributed by atoms with E-state index in [1.807, 2.05) is 0 Å². The van der Waals surface area contributed by atoms with Gasteiger partial charge in [0.1, 0.15) is 5.82 Å². The maximum atomic E-state index is 12.9. The molecule has 0 spiro atoms. The van der Waals surface area contributed by atoms with E-state index in [0.29, 0.717) is 34.9 Å². The Hall–Kier alpha value is -2.71. The fourth-order valence-corrected chi connectivity index (χ4v) is 3.03. The molecule has 3 rings (SSSR count). The Kier molecular flexibility index (Phi) is 5.88. The van der Waals surface area contributed by atoms with Gasteiger partial charge in [0.15, 0.2) is 5.11 Å². The summed E-state index contributed by atoms with van der Waals surface area (Å²) in [6.07, 6.45) is 1.17. The van der Waals surface area contributed by atoms with Crippen molar-refractivity contribution in [2.45, 2.75) is 12.8 Å². The average Bonchev–Trinajstić information content (AvgIpc) is 3.07. The lowest BCUT2D eigenvalue weighted by Gasteiger charge is -2.20. The molecule has 2 aromatic rings. The van der Waals surface area contributed by atoms with Crippen LogP contribution in [0, 0.1) is 5.82 Å². The van der Waals surface area contributed by atoms with Crippen LogP contribution in [0.2, 0.25) is 5.02 Å². The summed E-state index contributed by atoms with van der Waals surface area (Å²) < 4.78 is 12.9. The average molecular weight is 407 g/mol. The van der Waals surface area contributed by atoms with Crippen molar-refractivity contribution >= 4 is 52.1 Å². The van der Waals surface area contributed by atoms with Gasteiger partial charge in [-0.15, -0.1) is 0 Å². The van der Waals surface area contributed by atoms with Gasteiger partial charge in [0.2, 0.25) is 5.91 Å². The Bertz CT molecular complexity index is 891. The van der Waals surface area contributed by atoms with Crippen LogP contribution in [0.1, 0.15) is 23.2 Å². The van der Waals surface area contributed by atoms with Crippen molar-refractivity contribution in [2.75, 3.05) is 16.8 Å². The van der Waals surface area contributed by atoms with Gasteiger partial charge in [-0.25, -0.2) is 4.39 Å². The maximum Gasteiger partial charge on any atom is 0.271 e. The molecule has 0 unspecified atom stereocenters. The predicted octanol–water partition coefficient (Wildman–Crippen LogP) is 3.24. The van der Waals surface area contributed by atoms with Crippen LogP contribution in [0.15, 0.2) is 42.5 Å². The van der Waals surface area contributed by atoms with E-state index in [4.69, 9.17) is 23.8 Å². The Labute approximate surface area is 165 Å². The second kappa shape index (κ2) is 8.32. The molecule has 1 fully saturated rings. The third kappa shape index (κ3) is 4.72. The van der Waals surface area contributed by atoms with Gasteiger partial charge in [0.25, 0.3) is 5.91 Å². The summed E-state index contributed by atoms with van der Waals surface area (Å²) in [5.41, 5.74) is 6.38. The summed E-state index contributed by atoms with van der Waals surface area (Å²) in [6, 6.07) is 10.3. The van der Waals surface area contributed by atoms with Crippen LogP contribution in [-0.2, 0) is 4.79 Å². The monoisotopic (exact) mass is 406 g/mol. The lowest BCUT2D eigenvalue weighted by molar-refractivity contribution is -0.117. The molecular formula is C18H16ClFN4O2S. The van der Waals surface area contributed by atoms with Crippen LogP contribution >= 0.6 is 23.8 Å². The van der Waals surface area contributed by atoms with Crippen molar-refractivity contribution in [3.63, 3.8) is 0 Å². The quantitative estimate of drug-likeness (QED) is 0.539. The molecular weight excluding hydrogens is 391 g/mol. The molecule has 2 amide bonds. The van der Waals surface area contributed by atoms with E-state index in [1.54, 1.807) is 23.1 Å². The molecule has 1 heterocycles. The normalized spacial score (nSPS) is 13.4. The van der Waals surface area contributed by atoms with Crippen molar-refractivity contribution in [3.05, 3.63) is 58.9 Å². The van der Waals surface area contributed by atoms with E-state index in [2.05, 4.69) is 16.2 Å². The molecule has 1 saturated heterocycles. The van der Waals surface area contributed by atoms with Crippen LogP contribution in [0.5, 0.6) is 0 Å². The number of thiocarbonyl (C=S) groups is 1. The molecule has 0 radical (unpaired) electrons. The number of anilines is 2. The van der Waals surface area contributed by atoms with Gasteiger partial charge < -0.3 is 10.2 Å². The fourth-order valence-electron chi connectivity index (χ4n) is 2.70. The molecule has 9 heteroatoms. The lowest BCUT2D eigenvalue weighted by Crippen LogP contribution is -2.44. The van der Waals surface area contributed by atoms with Gasteiger partial charge >= 0.3 is 0 Å². The van der Waals surface area contributed by atoms with Crippen LogP contribution in [-0.4, -0.2) is 23.5 Å². The number of halogens is 2. The minimum absolute atomic E-state index is 0.0484. The zero-order valence-electron chi connectivity index (χ0n) is 14.1. The summed E-state index contributed by atoms with van der Waals surface area (Å²) in [4.78, 5) is 26.1. The van der Waals surface area contributed by atoms with Crippen LogP contribution in [0.3, 0.4) is 0 Å². The highest BCUT2D eigenvalue weighted by Crippen LogP contribution is 2.28. The summed E-state index contributed by atoms with van der Waals surface area (Å²) in [5.74, 6) is -0.878. The van der Waals surface area contributed by atoms with Crippen molar-refractivity contribution in [2.24, 2.45) is 0 Å². The van der Waals surface area contributed by atoms with E-state index in [9.17, 15) is 14.0 Å². The minimum atomic E-state index is -0.468. The summed E-state index contributed by atoms with van der Waals surface area (Å²) in [5, 5.41) is 3.38. The number of amides is 2. The SMILES string of the molecule is O=C(NNC(=S)Nc1ccc(F)cc1)c1ccc(Cl)cc1N1CCCC1=O. The Morgan fingerprint density at radius 1 is 1.15 bits per heavy atom. The highest BCUT2D eigenvalue weighted by Gasteiger charge is 2.26. The molecule has 1 aliphatic rings. The summed E-state index contributed by atoms with van der Waals surface area (Å²) >= 11 is 11.1. The first-order chi connectivity index (χ1) is 12.9. The van der Waals surface area contributed by atoms with Crippen molar-refractivity contribution < 1.29 is 14.0 Å². The smallest absolute Gasteiger partial charge is 0.271 e. The number of hydrogen-bond acceptors (Lipinski definition) is 3. The second-order valence-electron chi connectivity index (χ2n) is 5.85. The molecule has 0 aromatic heterocycles. The van der Waals surface area contributed by atoms with E-state index < -0.39 is 5.91 Å². The largest absolute Gasteiger partial charge is 0.331 e. The van der Waals surface area contributed by atoms with Crippen molar-refractivity contribution in [3.8, 4) is 0 Å². The Morgan fingerprint density at radius 2 is 1.89 bits per heavy atom. The van der Waals surface area contributed by atoms with Crippen LogP contribution in [0.4, 0.5) is 15.8 Å². The highest BCUT2D eigenvalue weighted by molar-refractivity contribution is 7.80. The van der Waals surface area contributed by atoms with Gasteiger partial charge in [0.05, 0.1) is 11.3 Å². The fraction of sp³-hybridized carbons (Fsp3) is 0.167. The number of hydrogen-bond donors (Lipinski definition) is 3. The molecule has 0 aliphatic carbocycles. The molecule has 1 aliphatic heterocycles. The number of nitrogens with zero attached hydrogens (tertiary/aromatic N) is 1. The molecule has 140 valence electrons.